The van der Waals surface area contributed by atoms with Crippen molar-refractivity contribution in [2.75, 3.05) is 47.5 Å². The average Bonchev–Trinajstić information content (AvgIpc) is 3.19. The Bertz CT molecular complexity index is 1280. The first-order chi connectivity index (χ1) is 28.6. The van der Waals surface area contributed by atoms with E-state index in [-0.39, 0.29) is 38.6 Å². The zero-order valence-corrected chi connectivity index (χ0v) is 37.6. The number of rotatable bonds is 39. The van der Waals surface area contributed by atoms with Gasteiger partial charge in [0.25, 0.3) is 0 Å². The van der Waals surface area contributed by atoms with Gasteiger partial charge in [-0.1, -0.05) is 150 Å². The Hall–Kier alpha value is -3.79. The minimum Gasteiger partial charge on any atom is -0.545 e. The van der Waals surface area contributed by atoms with Crippen molar-refractivity contribution in [2.24, 2.45) is 0 Å². The van der Waals surface area contributed by atoms with Crippen LogP contribution >= 0.6 is 0 Å². The van der Waals surface area contributed by atoms with Gasteiger partial charge in [-0.15, -0.1) is 0 Å². The lowest BCUT2D eigenvalue weighted by Crippen LogP contribution is -2.44. The summed E-state index contributed by atoms with van der Waals surface area (Å²) in [5.41, 5.74) is 0. The Kier molecular flexibility index (Phi) is 38.3. The maximum atomic E-state index is 12.7. The van der Waals surface area contributed by atoms with Crippen LogP contribution in [0.15, 0.2) is 97.2 Å². The number of hydrogen-bond acceptors (Lipinski definition) is 8. The number of likely N-dealkylation sites (N-methyl/N-ethyl adjacent to an activating group) is 1. The minimum atomic E-state index is -1.63. The lowest BCUT2D eigenvalue weighted by atomic mass is 10.1. The Morgan fingerprint density at radius 1 is 0.525 bits per heavy atom. The first-order valence-electron chi connectivity index (χ1n) is 22.4. The van der Waals surface area contributed by atoms with Gasteiger partial charge in [-0.05, 0) is 77.0 Å². The van der Waals surface area contributed by atoms with E-state index in [2.05, 4.69) is 111 Å². The minimum absolute atomic E-state index is 0.137. The summed E-state index contributed by atoms with van der Waals surface area (Å²) >= 11 is 0. The number of carbonyl (C=O) groups excluding carboxylic acids is 3. The number of aliphatic carboxylic acids is 1. The highest BCUT2D eigenvalue weighted by atomic mass is 16.7. The van der Waals surface area contributed by atoms with Gasteiger partial charge in [0.2, 0.25) is 0 Å². The number of ether oxygens (including phenoxy) is 4. The van der Waals surface area contributed by atoms with E-state index in [0.717, 1.165) is 109 Å². The molecule has 0 rings (SSSR count). The lowest BCUT2D eigenvalue weighted by molar-refractivity contribution is -0.870. The summed E-state index contributed by atoms with van der Waals surface area (Å²) in [5.74, 6) is -2.35. The number of carbonyl (C=O) groups is 3. The van der Waals surface area contributed by atoms with Gasteiger partial charge < -0.3 is 33.3 Å². The summed E-state index contributed by atoms with van der Waals surface area (Å²) in [7, 11) is 5.87. The maximum absolute atomic E-state index is 12.7. The van der Waals surface area contributed by atoms with Crippen molar-refractivity contribution in [3.05, 3.63) is 97.2 Å². The van der Waals surface area contributed by atoms with E-state index < -0.39 is 24.3 Å². The fourth-order valence-electron chi connectivity index (χ4n) is 5.37. The average molecular weight is 824 g/mol. The van der Waals surface area contributed by atoms with E-state index in [9.17, 15) is 19.5 Å². The lowest BCUT2D eigenvalue weighted by Gasteiger charge is -2.26. The molecule has 9 nitrogen and oxygen atoms in total. The maximum Gasteiger partial charge on any atom is 0.306 e. The summed E-state index contributed by atoms with van der Waals surface area (Å²) in [4.78, 5) is 36.6. The van der Waals surface area contributed by atoms with E-state index in [4.69, 9.17) is 18.9 Å². The van der Waals surface area contributed by atoms with Crippen molar-refractivity contribution in [2.45, 2.75) is 155 Å². The van der Waals surface area contributed by atoms with Crippen molar-refractivity contribution in [3.8, 4) is 0 Å². The fraction of sp³-hybridized carbons (Fsp3) is 0.620. The molecular formula is C50H81NO8. The molecule has 59 heavy (non-hydrogen) atoms. The number of esters is 2. The predicted octanol–water partition coefficient (Wildman–Crippen LogP) is 10.5. The molecule has 0 saturated carbocycles. The zero-order valence-electron chi connectivity index (χ0n) is 37.6. The van der Waals surface area contributed by atoms with Gasteiger partial charge >= 0.3 is 11.9 Å². The van der Waals surface area contributed by atoms with Gasteiger partial charge in [-0.25, -0.2) is 0 Å². The third-order valence-electron chi connectivity index (χ3n) is 8.85. The van der Waals surface area contributed by atoms with Crippen LogP contribution in [0.4, 0.5) is 0 Å². The molecule has 2 atom stereocenters. The van der Waals surface area contributed by atoms with Crippen LogP contribution in [0.3, 0.4) is 0 Å². The van der Waals surface area contributed by atoms with Crippen molar-refractivity contribution in [1.29, 1.82) is 0 Å². The second-order valence-corrected chi connectivity index (χ2v) is 15.6. The van der Waals surface area contributed by atoms with Crippen molar-refractivity contribution in [1.82, 2.24) is 0 Å². The number of nitrogens with zero attached hydrogens (tertiary/aromatic N) is 1. The zero-order chi connectivity index (χ0) is 43.5. The third kappa shape index (κ3) is 42.1. The van der Waals surface area contributed by atoms with Crippen LogP contribution < -0.4 is 5.11 Å². The second-order valence-electron chi connectivity index (χ2n) is 15.6. The molecule has 0 aliphatic heterocycles. The van der Waals surface area contributed by atoms with Crippen LogP contribution in [0.1, 0.15) is 142 Å². The van der Waals surface area contributed by atoms with E-state index >= 15 is 0 Å². The van der Waals surface area contributed by atoms with Gasteiger partial charge in [0.1, 0.15) is 13.2 Å². The standard InChI is InChI=1S/C50H81NO8/c1-6-8-10-12-13-14-15-16-17-18-19-20-21-22-23-24-25-26-27-28-29-30-31-32-33-34-35-37-39-41-48(53)59-46(44-57-47(52)40-38-36-11-9-7-2)45-58-50(49(54)55)56-43-42-51(3,4)5/h8,10,13-14,16-17,19-20,22-23,25-26,28-29,31-32,46,50H,6-7,9,11-12,15,18,21,24,27,30,33-45H2,1-5H3/b10-8-,14-13-,17-16-,20-19-,23-22-,26-25-,29-28-,32-31-. The van der Waals surface area contributed by atoms with Gasteiger partial charge in [0, 0.05) is 12.8 Å². The SMILES string of the molecule is CC/C=C\C/C=C\C/C=C\C/C=C\C/C=C\C/C=C\C/C=C\C/C=C\CCCCCCC(=O)OC(COC(=O)CCCCCCC)COC(OCC[N+](C)(C)C)C(=O)[O-]. The topological polar surface area (TPSA) is 111 Å². The first kappa shape index (κ1) is 55.2. The van der Waals surface area contributed by atoms with E-state index in [1.54, 1.807) is 0 Å². The van der Waals surface area contributed by atoms with Gasteiger partial charge in [0.15, 0.2) is 12.4 Å². The number of allylic oxidation sites excluding steroid dienone is 16. The Morgan fingerprint density at radius 3 is 1.42 bits per heavy atom. The molecule has 0 aromatic rings. The molecule has 0 aromatic heterocycles. The predicted molar refractivity (Wildman–Crippen MR) is 241 cm³/mol. The Balaban J connectivity index is 4.27. The van der Waals surface area contributed by atoms with Crippen molar-refractivity contribution >= 4 is 17.9 Å². The molecule has 2 unspecified atom stereocenters. The normalized spacial score (nSPS) is 13.8. The van der Waals surface area contributed by atoms with Crippen LogP contribution in [0.5, 0.6) is 0 Å². The summed E-state index contributed by atoms with van der Waals surface area (Å²) in [6.07, 6.45) is 50.7. The molecule has 0 aliphatic rings. The van der Waals surface area contributed by atoms with Crippen molar-refractivity contribution in [3.63, 3.8) is 0 Å². The second kappa shape index (κ2) is 41.0. The molecule has 0 saturated heterocycles. The molecular weight excluding hydrogens is 743 g/mol. The largest absolute Gasteiger partial charge is 0.545 e. The molecule has 334 valence electrons. The van der Waals surface area contributed by atoms with E-state index in [0.29, 0.717) is 17.4 Å². The number of unbranched alkanes of at least 4 members (excludes halogenated alkanes) is 8. The quantitative estimate of drug-likeness (QED) is 0.0198. The summed E-state index contributed by atoms with van der Waals surface area (Å²) < 4.78 is 22.3. The monoisotopic (exact) mass is 824 g/mol. The fourth-order valence-corrected chi connectivity index (χ4v) is 5.37. The van der Waals surface area contributed by atoms with Gasteiger partial charge in [-0.2, -0.15) is 0 Å². The van der Waals surface area contributed by atoms with Crippen LogP contribution in [0, 0.1) is 0 Å². The molecule has 0 heterocycles. The molecule has 0 fully saturated rings. The Labute approximate surface area is 359 Å². The van der Waals surface area contributed by atoms with Gasteiger partial charge in [-0.3, -0.25) is 9.59 Å². The molecule has 0 aromatic carbocycles. The van der Waals surface area contributed by atoms with E-state index in [1.807, 2.05) is 21.1 Å². The molecule has 0 bridgehead atoms. The van der Waals surface area contributed by atoms with Crippen LogP contribution in [0.2, 0.25) is 0 Å². The summed E-state index contributed by atoms with van der Waals surface area (Å²) in [5, 5.41) is 11.6. The van der Waals surface area contributed by atoms with Crippen molar-refractivity contribution < 1.29 is 42.9 Å². The molecule has 0 amide bonds. The molecule has 0 spiro atoms. The van der Waals surface area contributed by atoms with E-state index in [1.165, 1.54) is 0 Å². The van der Waals surface area contributed by atoms with Crippen LogP contribution in [-0.2, 0) is 33.3 Å². The van der Waals surface area contributed by atoms with Crippen LogP contribution in [-0.4, -0.2) is 82.3 Å². The van der Waals surface area contributed by atoms with Crippen LogP contribution in [0.25, 0.3) is 0 Å². The summed E-state index contributed by atoms with van der Waals surface area (Å²) in [6.45, 7) is 4.46. The molecule has 0 aliphatic carbocycles. The summed E-state index contributed by atoms with van der Waals surface area (Å²) in [6, 6.07) is 0. The number of carboxylic acid groups (broad SMARTS) is 1. The van der Waals surface area contributed by atoms with Gasteiger partial charge in [0.05, 0.1) is 40.3 Å². The Morgan fingerprint density at radius 2 is 0.966 bits per heavy atom. The molecule has 9 heteroatoms. The molecule has 0 N–H and O–H groups in total. The highest BCUT2D eigenvalue weighted by Gasteiger charge is 2.21. The third-order valence-corrected chi connectivity index (χ3v) is 8.85. The number of carboxylic acids is 1. The smallest absolute Gasteiger partial charge is 0.306 e. The highest BCUT2D eigenvalue weighted by Crippen LogP contribution is 2.11. The highest BCUT2D eigenvalue weighted by molar-refractivity contribution is 5.70. The number of quaternary nitrogens is 1. The first-order valence-corrected chi connectivity index (χ1v) is 22.4. The molecule has 0 radical (unpaired) electrons. The number of hydrogen-bond donors (Lipinski definition) is 0.